The molecule has 0 fully saturated rings. The van der Waals surface area contributed by atoms with Crippen molar-refractivity contribution >= 4 is 11.6 Å². The number of halogens is 1. The molecule has 1 heterocycles. The molecule has 0 unspecified atom stereocenters. The van der Waals surface area contributed by atoms with Gasteiger partial charge in [0.05, 0.1) is 0 Å². The lowest BCUT2D eigenvalue weighted by Gasteiger charge is -2.34. The second-order valence-corrected chi connectivity index (χ2v) is 4.33. The van der Waals surface area contributed by atoms with Crippen molar-refractivity contribution in [3.8, 4) is 0 Å². The van der Waals surface area contributed by atoms with Crippen molar-refractivity contribution in [1.29, 1.82) is 0 Å². The highest BCUT2D eigenvalue weighted by Crippen LogP contribution is 2.30. The number of fused-ring (bicyclic) bond motifs is 1. The third kappa shape index (κ3) is 1.67. The van der Waals surface area contributed by atoms with Gasteiger partial charge in [0.2, 0.25) is 0 Å². The summed E-state index contributed by atoms with van der Waals surface area (Å²) >= 11 is 6.01. The Morgan fingerprint density at radius 1 is 1.50 bits per heavy atom. The van der Waals surface area contributed by atoms with Gasteiger partial charge < -0.3 is 0 Å². The van der Waals surface area contributed by atoms with Crippen molar-refractivity contribution in [1.82, 2.24) is 4.90 Å². The van der Waals surface area contributed by atoms with E-state index < -0.39 is 0 Å². The summed E-state index contributed by atoms with van der Waals surface area (Å²) in [6.07, 6.45) is 1.16. The smallest absolute Gasteiger partial charge is 0.0409 e. The maximum atomic E-state index is 6.01. The summed E-state index contributed by atoms with van der Waals surface area (Å²) < 4.78 is 0. The van der Waals surface area contributed by atoms with Gasteiger partial charge in [0.1, 0.15) is 0 Å². The van der Waals surface area contributed by atoms with Crippen molar-refractivity contribution in [3.05, 3.63) is 34.3 Å². The van der Waals surface area contributed by atoms with Crippen molar-refractivity contribution in [3.63, 3.8) is 0 Å². The minimum Gasteiger partial charge on any atom is -0.297 e. The third-order valence-corrected chi connectivity index (χ3v) is 3.42. The van der Waals surface area contributed by atoms with Gasteiger partial charge in [0.25, 0.3) is 0 Å². The molecule has 0 N–H and O–H groups in total. The van der Waals surface area contributed by atoms with Crippen LogP contribution < -0.4 is 0 Å². The summed E-state index contributed by atoms with van der Waals surface area (Å²) in [6, 6.07) is 6.79. The minimum atomic E-state index is 0.516. The second-order valence-electron chi connectivity index (χ2n) is 3.90. The molecular weight excluding hydrogens is 194 g/mol. The molecule has 1 aliphatic heterocycles. The van der Waals surface area contributed by atoms with Crippen LogP contribution in [0.25, 0.3) is 0 Å². The SMILES string of the molecule is CCN1CCc2ccc(Cl)cc2[C@H]1C. The molecule has 1 atom stereocenters. The number of hydrogen-bond donors (Lipinski definition) is 0. The lowest BCUT2D eigenvalue weighted by atomic mass is 9.94. The summed E-state index contributed by atoms with van der Waals surface area (Å²) in [4.78, 5) is 2.48. The normalized spacial score (nSPS) is 22.1. The first-order valence-corrected chi connectivity index (χ1v) is 5.62. The van der Waals surface area contributed by atoms with E-state index in [4.69, 9.17) is 11.6 Å². The Labute approximate surface area is 90.7 Å². The molecule has 0 bridgehead atoms. The fraction of sp³-hybridized carbons (Fsp3) is 0.500. The van der Waals surface area contributed by atoms with E-state index in [1.54, 1.807) is 0 Å². The Morgan fingerprint density at radius 2 is 2.29 bits per heavy atom. The zero-order valence-corrected chi connectivity index (χ0v) is 9.51. The number of likely N-dealkylation sites (N-methyl/N-ethyl adjacent to an activating group) is 1. The van der Waals surface area contributed by atoms with Crippen LogP contribution in [0, 0.1) is 0 Å². The largest absolute Gasteiger partial charge is 0.297 e. The van der Waals surface area contributed by atoms with Gasteiger partial charge in [-0.05, 0) is 43.1 Å². The highest BCUT2D eigenvalue weighted by atomic mass is 35.5. The summed E-state index contributed by atoms with van der Waals surface area (Å²) in [7, 11) is 0. The molecule has 0 amide bonds. The molecule has 0 spiro atoms. The third-order valence-electron chi connectivity index (χ3n) is 3.18. The molecule has 76 valence electrons. The molecule has 1 aromatic rings. The van der Waals surface area contributed by atoms with Crippen molar-refractivity contribution in [2.75, 3.05) is 13.1 Å². The topological polar surface area (TPSA) is 3.24 Å². The summed E-state index contributed by atoms with van der Waals surface area (Å²) in [5, 5.41) is 0.855. The Kier molecular flexibility index (Phi) is 2.80. The summed E-state index contributed by atoms with van der Waals surface area (Å²) in [5.41, 5.74) is 2.87. The zero-order valence-electron chi connectivity index (χ0n) is 8.76. The maximum Gasteiger partial charge on any atom is 0.0409 e. The van der Waals surface area contributed by atoms with Gasteiger partial charge in [0, 0.05) is 17.6 Å². The Bertz CT molecular complexity index is 335. The number of hydrogen-bond acceptors (Lipinski definition) is 1. The highest BCUT2D eigenvalue weighted by molar-refractivity contribution is 6.30. The molecule has 1 aromatic carbocycles. The van der Waals surface area contributed by atoms with Crippen LogP contribution >= 0.6 is 11.6 Å². The van der Waals surface area contributed by atoms with E-state index in [1.807, 2.05) is 6.07 Å². The van der Waals surface area contributed by atoms with Crippen LogP contribution in [0.15, 0.2) is 18.2 Å². The molecule has 0 radical (unpaired) electrons. The fourth-order valence-electron chi connectivity index (χ4n) is 2.27. The van der Waals surface area contributed by atoms with Crippen molar-refractivity contribution in [2.24, 2.45) is 0 Å². The Balaban J connectivity index is 2.38. The van der Waals surface area contributed by atoms with Crippen LogP contribution in [0.5, 0.6) is 0 Å². The average Bonchev–Trinajstić information content (AvgIpc) is 2.20. The molecule has 1 aliphatic rings. The van der Waals surface area contributed by atoms with Gasteiger partial charge in [-0.3, -0.25) is 4.90 Å². The van der Waals surface area contributed by atoms with E-state index in [9.17, 15) is 0 Å². The fourth-order valence-corrected chi connectivity index (χ4v) is 2.45. The number of rotatable bonds is 1. The predicted octanol–water partition coefficient (Wildman–Crippen LogP) is 3.28. The van der Waals surface area contributed by atoms with Gasteiger partial charge in [-0.2, -0.15) is 0 Å². The monoisotopic (exact) mass is 209 g/mol. The molecule has 0 saturated carbocycles. The zero-order chi connectivity index (χ0) is 10.1. The van der Waals surface area contributed by atoms with Crippen LogP contribution in [0.1, 0.15) is 31.0 Å². The molecule has 0 saturated heterocycles. The first-order chi connectivity index (χ1) is 6.72. The van der Waals surface area contributed by atoms with Crippen LogP contribution in [0.4, 0.5) is 0 Å². The molecule has 2 rings (SSSR count). The standard InChI is InChI=1S/C12H16ClN/c1-3-14-7-6-10-4-5-11(13)8-12(10)9(14)2/h4-5,8-9H,3,6-7H2,1-2H3/t9-/m1/s1. The van der Waals surface area contributed by atoms with E-state index in [-0.39, 0.29) is 0 Å². The van der Waals surface area contributed by atoms with Gasteiger partial charge in [-0.25, -0.2) is 0 Å². The predicted molar refractivity (Wildman–Crippen MR) is 60.8 cm³/mol. The quantitative estimate of drug-likeness (QED) is 0.686. The summed E-state index contributed by atoms with van der Waals surface area (Å²) in [6.45, 7) is 6.77. The molecule has 14 heavy (non-hydrogen) atoms. The minimum absolute atomic E-state index is 0.516. The average molecular weight is 210 g/mol. The highest BCUT2D eigenvalue weighted by Gasteiger charge is 2.22. The lowest BCUT2D eigenvalue weighted by molar-refractivity contribution is 0.209. The van der Waals surface area contributed by atoms with E-state index >= 15 is 0 Å². The molecule has 0 aromatic heterocycles. The molecule has 2 heteroatoms. The van der Waals surface area contributed by atoms with Crippen LogP contribution in [0.3, 0.4) is 0 Å². The van der Waals surface area contributed by atoms with Gasteiger partial charge in [-0.15, -0.1) is 0 Å². The summed E-state index contributed by atoms with van der Waals surface area (Å²) in [5.74, 6) is 0. The molecule has 0 aliphatic carbocycles. The van der Waals surface area contributed by atoms with E-state index in [1.165, 1.54) is 17.7 Å². The maximum absolute atomic E-state index is 6.01. The molecule has 1 nitrogen and oxygen atoms in total. The van der Waals surface area contributed by atoms with Crippen molar-refractivity contribution < 1.29 is 0 Å². The Hall–Kier alpha value is -0.530. The van der Waals surface area contributed by atoms with E-state index in [0.717, 1.165) is 18.0 Å². The van der Waals surface area contributed by atoms with Gasteiger partial charge in [0.15, 0.2) is 0 Å². The van der Waals surface area contributed by atoms with Crippen molar-refractivity contribution in [2.45, 2.75) is 26.3 Å². The van der Waals surface area contributed by atoms with E-state index in [2.05, 4.69) is 30.9 Å². The number of benzene rings is 1. The first kappa shape index (κ1) is 10.0. The van der Waals surface area contributed by atoms with E-state index in [0.29, 0.717) is 6.04 Å². The first-order valence-electron chi connectivity index (χ1n) is 5.24. The van der Waals surface area contributed by atoms with Gasteiger partial charge >= 0.3 is 0 Å². The molecular formula is C12H16ClN. The second kappa shape index (κ2) is 3.92. The Morgan fingerprint density at radius 3 is 3.00 bits per heavy atom. The lowest BCUT2D eigenvalue weighted by Crippen LogP contribution is -2.33. The van der Waals surface area contributed by atoms with Crippen LogP contribution in [-0.4, -0.2) is 18.0 Å². The van der Waals surface area contributed by atoms with Gasteiger partial charge in [-0.1, -0.05) is 24.6 Å². The van der Waals surface area contributed by atoms with Crippen LogP contribution in [-0.2, 0) is 6.42 Å². The number of nitrogens with zero attached hydrogens (tertiary/aromatic N) is 1. The van der Waals surface area contributed by atoms with Crippen LogP contribution in [0.2, 0.25) is 5.02 Å².